The molecule has 96 valence electrons. The van der Waals surface area contributed by atoms with E-state index in [2.05, 4.69) is 11.2 Å². The molecule has 0 aliphatic heterocycles. The molecule has 3 N–H and O–H groups in total. The summed E-state index contributed by atoms with van der Waals surface area (Å²) in [6.07, 6.45) is 4.94. The standard InChI is InChI=1S/C11H18N2O4/c1-4-5-9(10(15)16)12-11(17)13(6-7-14)8(2)3/h1,8-9,14H,5-7H2,2-3H3,(H,12,17)(H,15,16). The molecule has 0 heterocycles. The van der Waals surface area contributed by atoms with E-state index in [-0.39, 0.29) is 25.6 Å². The zero-order valence-corrected chi connectivity index (χ0v) is 10.0. The predicted molar refractivity (Wildman–Crippen MR) is 62.3 cm³/mol. The first-order valence-corrected chi connectivity index (χ1v) is 5.28. The number of carboxylic acids is 1. The van der Waals surface area contributed by atoms with Crippen LogP contribution in [0.5, 0.6) is 0 Å². The lowest BCUT2D eigenvalue weighted by Gasteiger charge is -2.27. The average molecular weight is 242 g/mol. The van der Waals surface area contributed by atoms with E-state index in [4.69, 9.17) is 16.6 Å². The van der Waals surface area contributed by atoms with Crippen molar-refractivity contribution in [2.24, 2.45) is 0 Å². The highest BCUT2D eigenvalue weighted by molar-refractivity contribution is 5.82. The van der Waals surface area contributed by atoms with Gasteiger partial charge in [-0.3, -0.25) is 0 Å². The minimum atomic E-state index is -1.18. The highest BCUT2D eigenvalue weighted by Crippen LogP contribution is 2.00. The topological polar surface area (TPSA) is 89.9 Å². The van der Waals surface area contributed by atoms with Crippen molar-refractivity contribution in [1.29, 1.82) is 0 Å². The summed E-state index contributed by atoms with van der Waals surface area (Å²) < 4.78 is 0. The van der Waals surface area contributed by atoms with Gasteiger partial charge in [0.25, 0.3) is 0 Å². The van der Waals surface area contributed by atoms with E-state index < -0.39 is 18.0 Å². The number of rotatable bonds is 6. The van der Waals surface area contributed by atoms with E-state index >= 15 is 0 Å². The molecule has 0 rings (SSSR count). The SMILES string of the molecule is C#CCC(NC(=O)N(CCO)C(C)C)C(=O)O. The van der Waals surface area contributed by atoms with E-state index in [1.54, 1.807) is 13.8 Å². The molecule has 2 amide bonds. The third kappa shape index (κ3) is 5.22. The monoisotopic (exact) mass is 242 g/mol. The van der Waals surface area contributed by atoms with Gasteiger partial charge in [0, 0.05) is 19.0 Å². The van der Waals surface area contributed by atoms with Crippen molar-refractivity contribution in [2.75, 3.05) is 13.2 Å². The molecule has 0 saturated carbocycles. The van der Waals surface area contributed by atoms with E-state index in [0.717, 1.165) is 0 Å². The van der Waals surface area contributed by atoms with Gasteiger partial charge in [-0.05, 0) is 13.8 Å². The van der Waals surface area contributed by atoms with Crippen LogP contribution in [0.25, 0.3) is 0 Å². The number of urea groups is 1. The third-order valence-corrected chi connectivity index (χ3v) is 2.14. The van der Waals surface area contributed by atoms with Crippen molar-refractivity contribution >= 4 is 12.0 Å². The Hall–Kier alpha value is -1.74. The number of carbonyl (C=O) groups excluding carboxylic acids is 1. The molecular weight excluding hydrogens is 224 g/mol. The number of aliphatic hydroxyl groups is 1. The van der Waals surface area contributed by atoms with Crippen LogP contribution in [-0.4, -0.2) is 52.3 Å². The number of aliphatic hydroxyl groups excluding tert-OH is 1. The van der Waals surface area contributed by atoms with Crippen LogP contribution >= 0.6 is 0 Å². The molecule has 0 aliphatic rings. The molecule has 0 bridgehead atoms. The van der Waals surface area contributed by atoms with E-state index in [9.17, 15) is 9.59 Å². The molecule has 0 aromatic heterocycles. The molecule has 1 atom stereocenters. The van der Waals surface area contributed by atoms with Crippen LogP contribution in [0.1, 0.15) is 20.3 Å². The maximum Gasteiger partial charge on any atom is 0.327 e. The summed E-state index contributed by atoms with van der Waals surface area (Å²) in [7, 11) is 0. The summed E-state index contributed by atoms with van der Waals surface area (Å²) >= 11 is 0. The van der Waals surface area contributed by atoms with Crippen molar-refractivity contribution in [1.82, 2.24) is 10.2 Å². The second-order valence-corrected chi connectivity index (χ2v) is 3.76. The average Bonchev–Trinajstić information content (AvgIpc) is 2.24. The maximum atomic E-state index is 11.7. The quantitative estimate of drug-likeness (QED) is 0.566. The van der Waals surface area contributed by atoms with Crippen LogP contribution in [0.4, 0.5) is 4.79 Å². The van der Waals surface area contributed by atoms with Gasteiger partial charge < -0.3 is 20.4 Å². The predicted octanol–water partition coefficient (Wildman–Crippen LogP) is -0.125. The molecule has 6 nitrogen and oxygen atoms in total. The Bertz CT molecular complexity index is 309. The second kappa shape index (κ2) is 7.52. The van der Waals surface area contributed by atoms with Gasteiger partial charge in [0.15, 0.2) is 0 Å². The summed E-state index contributed by atoms with van der Waals surface area (Å²) in [5, 5.41) is 20.0. The van der Waals surface area contributed by atoms with Crippen LogP contribution in [0.15, 0.2) is 0 Å². The fourth-order valence-corrected chi connectivity index (χ4v) is 1.25. The van der Waals surface area contributed by atoms with Crippen LogP contribution in [0.3, 0.4) is 0 Å². The van der Waals surface area contributed by atoms with Gasteiger partial charge in [-0.2, -0.15) is 0 Å². The van der Waals surface area contributed by atoms with Gasteiger partial charge in [-0.1, -0.05) is 0 Å². The third-order valence-electron chi connectivity index (χ3n) is 2.14. The lowest BCUT2D eigenvalue weighted by molar-refractivity contribution is -0.139. The van der Waals surface area contributed by atoms with E-state index in [0.29, 0.717) is 0 Å². The smallest absolute Gasteiger partial charge is 0.327 e. The number of amides is 2. The summed E-state index contributed by atoms with van der Waals surface area (Å²) in [5.41, 5.74) is 0. The Morgan fingerprint density at radius 3 is 2.41 bits per heavy atom. The zero-order valence-electron chi connectivity index (χ0n) is 10.0. The Morgan fingerprint density at radius 1 is 1.47 bits per heavy atom. The van der Waals surface area contributed by atoms with Gasteiger partial charge >= 0.3 is 12.0 Å². The van der Waals surface area contributed by atoms with Gasteiger partial charge in [-0.15, -0.1) is 12.3 Å². The highest BCUT2D eigenvalue weighted by atomic mass is 16.4. The number of nitrogens with one attached hydrogen (secondary N) is 1. The van der Waals surface area contributed by atoms with E-state index in [1.165, 1.54) is 4.90 Å². The minimum absolute atomic E-state index is 0.0772. The number of aliphatic carboxylic acids is 1. The van der Waals surface area contributed by atoms with Gasteiger partial charge in [-0.25, -0.2) is 9.59 Å². The molecular formula is C11H18N2O4. The molecule has 0 saturated heterocycles. The zero-order chi connectivity index (χ0) is 13.4. The van der Waals surface area contributed by atoms with Crippen molar-refractivity contribution in [3.63, 3.8) is 0 Å². The van der Waals surface area contributed by atoms with Crippen LogP contribution < -0.4 is 5.32 Å². The Morgan fingerprint density at radius 2 is 2.06 bits per heavy atom. The molecule has 1 unspecified atom stereocenters. The van der Waals surface area contributed by atoms with Crippen molar-refractivity contribution < 1.29 is 19.8 Å². The molecule has 0 radical (unpaired) electrons. The summed E-state index contributed by atoms with van der Waals surface area (Å²) in [4.78, 5) is 23.9. The molecule has 6 heteroatoms. The first-order valence-electron chi connectivity index (χ1n) is 5.28. The molecule has 0 aromatic rings. The highest BCUT2D eigenvalue weighted by Gasteiger charge is 2.23. The normalized spacial score (nSPS) is 11.7. The van der Waals surface area contributed by atoms with Crippen molar-refractivity contribution in [3.05, 3.63) is 0 Å². The number of carbonyl (C=O) groups is 2. The first-order chi connectivity index (χ1) is 7.93. The summed E-state index contributed by atoms with van der Waals surface area (Å²) in [6, 6.07) is -1.79. The van der Waals surface area contributed by atoms with Crippen LogP contribution in [-0.2, 0) is 4.79 Å². The van der Waals surface area contributed by atoms with Gasteiger partial charge in [0.1, 0.15) is 6.04 Å². The van der Waals surface area contributed by atoms with Crippen LogP contribution in [0, 0.1) is 12.3 Å². The molecule has 0 fully saturated rings. The molecule has 17 heavy (non-hydrogen) atoms. The molecule has 0 spiro atoms. The Balaban J connectivity index is 4.57. The number of terminal acetylenes is 1. The number of hydrogen-bond donors (Lipinski definition) is 3. The number of nitrogens with zero attached hydrogens (tertiary/aromatic N) is 1. The maximum absolute atomic E-state index is 11.7. The van der Waals surface area contributed by atoms with Crippen molar-refractivity contribution in [2.45, 2.75) is 32.4 Å². The van der Waals surface area contributed by atoms with Gasteiger partial charge in [0.2, 0.25) is 0 Å². The van der Waals surface area contributed by atoms with Crippen LogP contribution in [0.2, 0.25) is 0 Å². The summed E-state index contributed by atoms with van der Waals surface area (Å²) in [5.74, 6) is 1.01. The largest absolute Gasteiger partial charge is 0.480 e. The first kappa shape index (κ1) is 15.3. The number of carboxylic acid groups (broad SMARTS) is 1. The Labute approximate surface area is 101 Å². The second-order valence-electron chi connectivity index (χ2n) is 3.76. The molecule has 0 aromatic carbocycles. The lowest BCUT2D eigenvalue weighted by Crippen LogP contribution is -2.50. The lowest BCUT2D eigenvalue weighted by atomic mass is 10.2. The fourth-order valence-electron chi connectivity index (χ4n) is 1.25. The fraction of sp³-hybridized carbons (Fsp3) is 0.636. The Kier molecular flexibility index (Phi) is 6.75. The number of hydrogen-bond acceptors (Lipinski definition) is 3. The van der Waals surface area contributed by atoms with Crippen molar-refractivity contribution in [3.8, 4) is 12.3 Å². The van der Waals surface area contributed by atoms with E-state index in [1.807, 2.05) is 0 Å². The summed E-state index contributed by atoms with van der Waals surface area (Å²) in [6.45, 7) is 3.50. The van der Waals surface area contributed by atoms with Gasteiger partial charge in [0.05, 0.1) is 6.61 Å². The molecule has 0 aliphatic carbocycles. The minimum Gasteiger partial charge on any atom is -0.480 e.